The molecule has 0 atom stereocenters. The van der Waals surface area contributed by atoms with E-state index in [-0.39, 0.29) is 17.6 Å². The first kappa shape index (κ1) is 19.7. The Morgan fingerprint density at radius 1 is 0.967 bits per heavy atom. The summed E-state index contributed by atoms with van der Waals surface area (Å²) in [5, 5.41) is 3.87. The predicted molar refractivity (Wildman–Crippen MR) is 115 cm³/mol. The van der Waals surface area contributed by atoms with E-state index in [1.165, 1.54) is 0 Å². The standard InChI is InChI=1S/C23H17NO5S/c1-28-19-9-6-16-10-15(2-5-17(16)13-19)12-21(25)29-18-7-3-14(4-8-18)11-20-22(26)24-23(27)30-20/h2-11,13H,12H2,1H3,(H,24,26,27)/b20-11-. The Hall–Kier alpha value is -3.58. The number of imide groups is 1. The van der Waals surface area contributed by atoms with Crippen molar-refractivity contribution in [3.05, 3.63) is 76.7 Å². The Morgan fingerprint density at radius 2 is 1.67 bits per heavy atom. The van der Waals surface area contributed by atoms with Crippen molar-refractivity contribution < 1.29 is 23.9 Å². The molecule has 1 saturated heterocycles. The van der Waals surface area contributed by atoms with Crippen LogP contribution in [0.5, 0.6) is 11.5 Å². The lowest BCUT2D eigenvalue weighted by Crippen LogP contribution is -2.17. The fourth-order valence-corrected chi connectivity index (χ4v) is 3.73. The van der Waals surface area contributed by atoms with Crippen molar-refractivity contribution in [2.75, 3.05) is 7.11 Å². The summed E-state index contributed by atoms with van der Waals surface area (Å²) in [6, 6.07) is 18.3. The van der Waals surface area contributed by atoms with Gasteiger partial charge in [-0.2, -0.15) is 0 Å². The first-order valence-corrected chi connectivity index (χ1v) is 9.94. The third-order valence-electron chi connectivity index (χ3n) is 4.51. The van der Waals surface area contributed by atoms with Gasteiger partial charge in [0.1, 0.15) is 11.5 Å². The number of rotatable bonds is 5. The SMILES string of the molecule is COc1ccc2cc(CC(=O)Oc3ccc(/C=C4\SC(=O)NC4=O)cc3)ccc2c1. The van der Waals surface area contributed by atoms with E-state index in [2.05, 4.69) is 5.32 Å². The molecule has 150 valence electrons. The molecule has 1 aliphatic heterocycles. The molecular weight excluding hydrogens is 402 g/mol. The van der Waals surface area contributed by atoms with E-state index < -0.39 is 5.91 Å². The van der Waals surface area contributed by atoms with Crippen LogP contribution in [-0.4, -0.2) is 24.2 Å². The van der Waals surface area contributed by atoms with Crippen LogP contribution < -0.4 is 14.8 Å². The summed E-state index contributed by atoms with van der Waals surface area (Å²) in [6.07, 6.45) is 1.76. The summed E-state index contributed by atoms with van der Waals surface area (Å²) >= 11 is 0.856. The molecule has 1 fully saturated rings. The average molecular weight is 419 g/mol. The Labute approximate surface area is 176 Å². The Kier molecular flexibility index (Phi) is 5.54. The van der Waals surface area contributed by atoms with Crippen molar-refractivity contribution in [2.24, 2.45) is 0 Å². The lowest BCUT2D eigenvalue weighted by molar-refractivity contribution is -0.133. The van der Waals surface area contributed by atoms with Crippen LogP contribution in [0.25, 0.3) is 16.8 Å². The number of ether oxygens (including phenoxy) is 2. The second-order valence-electron chi connectivity index (χ2n) is 6.62. The van der Waals surface area contributed by atoms with Gasteiger partial charge in [-0.1, -0.05) is 36.4 Å². The van der Waals surface area contributed by atoms with Gasteiger partial charge in [0.2, 0.25) is 0 Å². The lowest BCUT2D eigenvalue weighted by atomic mass is 10.0. The van der Waals surface area contributed by atoms with Gasteiger partial charge in [-0.05, 0) is 64.0 Å². The minimum atomic E-state index is -0.408. The molecule has 0 saturated carbocycles. The van der Waals surface area contributed by atoms with Crippen molar-refractivity contribution in [1.82, 2.24) is 5.32 Å². The van der Waals surface area contributed by atoms with E-state index >= 15 is 0 Å². The van der Waals surface area contributed by atoms with Crippen LogP contribution in [0.1, 0.15) is 11.1 Å². The number of hydrogen-bond donors (Lipinski definition) is 1. The quantitative estimate of drug-likeness (QED) is 0.377. The van der Waals surface area contributed by atoms with Crippen molar-refractivity contribution in [2.45, 2.75) is 6.42 Å². The maximum Gasteiger partial charge on any atom is 0.315 e. The van der Waals surface area contributed by atoms with Crippen LogP contribution in [-0.2, 0) is 16.0 Å². The van der Waals surface area contributed by atoms with E-state index in [1.54, 1.807) is 37.5 Å². The monoisotopic (exact) mass is 419 g/mol. The topological polar surface area (TPSA) is 81.7 Å². The Morgan fingerprint density at radius 3 is 2.37 bits per heavy atom. The van der Waals surface area contributed by atoms with Crippen LogP contribution in [0, 0.1) is 0 Å². The summed E-state index contributed by atoms with van der Waals surface area (Å²) in [5.41, 5.74) is 1.58. The highest BCUT2D eigenvalue weighted by Crippen LogP contribution is 2.26. The third kappa shape index (κ3) is 4.52. The molecule has 4 rings (SSSR count). The van der Waals surface area contributed by atoms with Gasteiger partial charge in [-0.15, -0.1) is 0 Å². The van der Waals surface area contributed by atoms with E-state index in [0.29, 0.717) is 10.7 Å². The number of methoxy groups -OCH3 is 1. The molecule has 1 heterocycles. The number of fused-ring (bicyclic) bond motifs is 1. The molecule has 30 heavy (non-hydrogen) atoms. The van der Waals surface area contributed by atoms with Gasteiger partial charge in [0, 0.05) is 0 Å². The smallest absolute Gasteiger partial charge is 0.315 e. The second-order valence-corrected chi connectivity index (χ2v) is 7.63. The predicted octanol–water partition coefficient (Wildman–Crippen LogP) is 4.32. The zero-order valence-electron chi connectivity index (χ0n) is 16.0. The fourth-order valence-electron chi connectivity index (χ4n) is 3.05. The van der Waals surface area contributed by atoms with Crippen LogP contribution in [0.15, 0.2) is 65.6 Å². The average Bonchev–Trinajstić information content (AvgIpc) is 3.05. The molecule has 1 N–H and O–H groups in total. The summed E-state index contributed by atoms with van der Waals surface area (Å²) in [4.78, 5) is 35.4. The number of hydrogen-bond acceptors (Lipinski definition) is 6. The number of benzene rings is 3. The number of amides is 2. The molecule has 0 aliphatic carbocycles. The minimum absolute atomic E-state index is 0.146. The first-order chi connectivity index (χ1) is 14.5. The van der Waals surface area contributed by atoms with Gasteiger partial charge < -0.3 is 9.47 Å². The highest BCUT2D eigenvalue weighted by atomic mass is 32.2. The molecular formula is C23H17NO5S. The highest BCUT2D eigenvalue weighted by Gasteiger charge is 2.24. The van der Waals surface area contributed by atoms with Gasteiger partial charge in [-0.3, -0.25) is 19.7 Å². The Balaban J connectivity index is 1.40. The molecule has 1 aliphatic rings. The fraction of sp³-hybridized carbons (Fsp3) is 0.0870. The molecule has 6 nitrogen and oxygen atoms in total. The first-order valence-electron chi connectivity index (χ1n) is 9.12. The number of thioether (sulfide) groups is 1. The number of carbonyl (C=O) groups is 3. The van der Waals surface area contributed by atoms with Crippen LogP contribution in [0.3, 0.4) is 0 Å². The van der Waals surface area contributed by atoms with Gasteiger partial charge in [0.15, 0.2) is 0 Å². The zero-order chi connectivity index (χ0) is 21.1. The highest BCUT2D eigenvalue weighted by molar-refractivity contribution is 8.18. The van der Waals surface area contributed by atoms with Crippen molar-refractivity contribution in [3.8, 4) is 11.5 Å². The number of carbonyl (C=O) groups excluding carboxylic acids is 3. The molecule has 0 aromatic heterocycles. The van der Waals surface area contributed by atoms with Gasteiger partial charge in [0.05, 0.1) is 18.4 Å². The van der Waals surface area contributed by atoms with Crippen LogP contribution >= 0.6 is 11.8 Å². The summed E-state index contributed by atoms with van der Waals surface area (Å²) in [7, 11) is 1.63. The van der Waals surface area contributed by atoms with E-state index in [4.69, 9.17) is 9.47 Å². The number of nitrogens with one attached hydrogen (secondary N) is 1. The molecule has 0 unspecified atom stereocenters. The van der Waals surface area contributed by atoms with Crippen LogP contribution in [0.4, 0.5) is 4.79 Å². The molecule has 0 spiro atoms. The molecule has 0 radical (unpaired) electrons. The van der Waals surface area contributed by atoms with E-state index in [9.17, 15) is 14.4 Å². The van der Waals surface area contributed by atoms with Crippen molar-refractivity contribution in [1.29, 1.82) is 0 Å². The van der Waals surface area contributed by atoms with E-state index in [0.717, 1.165) is 39.4 Å². The lowest BCUT2D eigenvalue weighted by Gasteiger charge is -2.07. The van der Waals surface area contributed by atoms with Crippen LogP contribution in [0.2, 0.25) is 0 Å². The molecule has 3 aromatic carbocycles. The Bertz CT molecular complexity index is 1180. The third-order valence-corrected chi connectivity index (χ3v) is 5.32. The summed E-state index contributed by atoms with van der Waals surface area (Å²) in [5.74, 6) is 0.416. The summed E-state index contributed by atoms with van der Waals surface area (Å²) < 4.78 is 10.6. The number of esters is 1. The van der Waals surface area contributed by atoms with Gasteiger partial charge in [-0.25, -0.2) is 0 Å². The van der Waals surface area contributed by atoms with Gasteiger partial charge >= 0.3 is 5.97 Å². The largest absolute Gasteiger partial charge is 0.497 e. The normalized spacial score (nSPS) is 14.8. The maximum absolute atomic E-state index is 12.3. The molecule has 2 amide bonds. The summed E-state index contributed by atoms with van der Waals surface area (Å²) in [6.45, 7) is 0. The van der Waals surface area contributed by atoms with Gasteiger partial charge in [0.25, 0.3) is 11.1 Å². The molecule has 7 heteroatoms. The molecule has 0 bridgehead atoms. The maximum atomic E-state index is 12.3. The zero-order valence-corrected chi connectivity index (χ0v) is 16.8. The van der Waals surface area contributed by atoms with Crippen molar-refractivity contribution in [3.63, 3.8) is 0 Å². The van der Waals surface area contributed by atoms with E-state index in [1.807, 2.05) is 36.4 Å². The molecule has 3 aromatic rings. The van der Waals surface area contributed by atoms with Crippen molar-refractivity contribution >= 4 is 45.7 Å². The minimum Gasteiger partial charge on any atom is -0.497 e. The second kappa shape index (κ2) is 8.42.